The molecule has 0 fully saturated rings. The van der Waals surface area contributed by atoms with Crippen LogP contribution in [0.25, 0.3) is 5.57 Å². The second-order valence-electron chi connectivity index (χ2n) is 5.60. The van der Waals surface area contributed by atoms with Gasteiger partial charge in [-0.2, -0.15) is 5.10 Å². The zero-order chi connectivity index (χ0) is 18.9. The minimum absolute atomic E-state index is 0.139. The van der Waals surface area contributed by atoms with Crippen LogP contribution in [0.15, 0.2) is 76.0 Å². The van der Waals surface area contributed by atoms with E-state index in [-0.39, 0.29) is 5.91 Å². The topological polar surface area (TPSA) is 70.1 Å². The minimum Gasteiger partial charge on any atom is -0.322 e. The number of amides is 1. The van der Waals surface area contributed by atoms with E-state index in [4.69, 9.17) is 0 Å². The molecule has 0 spiro atoms. The maximum Gasteiger partial charge on any atom is 0.251 e. The van der Waals surface area contributed by atoms with Crippen molar-refractivity contribution in [1.29, 1.82) is 0 Å². The number of thioether (sulfide) groups is 1. The third-order valence-electron chi connectivity index (χ3n) is 3.70. The molecule has 0 unspecified atom stereocenters. The highest BCUT2D eigenvalue weighted by Gasteiger charge is 2.08. The lowest BCUT2D eigenvalue weighted by Gasteiger charge is -2.08. The van der Waals surface area contributed by atoms with Crippen molar-refractivity contribution in [3.63, 3.8) is 0 Å². The molecule has 5 nitrogen and oxygen atoms in total. The smallest absolute Gasteiger partial charge is 0.251 e. The molecule has 1 amide bonds. The average Bonchev–Trinajstić information content (AvgIpc) is 3.16. The number of anilines is 1. The van der Waals surface area contributed by atoms with Crippen LogP contribution in [-0.4, -0.2) is 29.1 Å². The number of hydrogen-bond acceptors (Lipinski definition) is 4. The van der Waals surface area contributed by atoms with E-state index in [1.807, 2.05) is 49.6 Å². The predicted molar refractivity (Wildman–Crippen MR) is 110 cm³/mol. The summed E-state index contributed by atoms with van der Waals surface area (Å²) in [5.41, 5.74) is 4.15. The number of aromatic amines is 1. The van der Waals surface area contributed by atoms with Gasteiger partial charge in [0.2, 0.25) is 0 Å². The molecule has 1 aromatic carbocycles. The Morgan fingerprint density at radius 2 is 2.19 bits per heavy atom. The Morgan fingerprint density at radius 3 is 2.85 bits per heavy atom. The second kappa shape index (κ2) is 9.58. The van der Waals surface area contributed by atoms with Crippen molar-refractivity contribution in [3.8, 4) is 0 Å². The Hall–Kier alpha value is -2.86. The summed E-state index contributed by atoms with van der Waals surface area (Å²) < 4.78 is 0. The number of aliphatic imine (C=N–C) groups is 1. The third-order valence-corrected chi connectivity index (χ3v) is 4.42. The molecular weight excluding hydrogens is 344 g/mol. The molecule has 134 valence electrons. The standard InChI is InChI=1S/C20H22N4OS/c1-14(19(8-9-21-3)16-12-22-23-13-16)10-15(2)20(25)24-17-6-5-7-18(11-17)26-4/h5-13H,3H2,1-2,4H3,(H,22,23)(H,24,25)/b9-8-,15-10-,19-14-. The number of allylic oxidation sites excluding steroid dienone is 4. The fourth-order valence-corrected chi connectivity index (χ4v) is 2.84. The van der Waals surface area contributed by atoms with E-state index in [9.17, 15) is 4.79 Å². The van der Waals surface area contributed by atoms with Gasteiger partial charge in [-0.1, -0.05) is 12.1 Å². The van der Waals surface area contributed by atoms with E-state index in [0.717, 1.165) is 27.3 Å². The van der Waals surface area contributed by atoms with E-state index in [0.29, 0.717) is 5.57 Å². The number of carbonyl (C=O) groups excluding carboxylic acids is 1. The van der Waals surface area contributed by atoms with Crippen LogP contribution in [0, 0.1) is 0 Å². The molecule has 6 heteroatoms. The molecule has 0 atom stereocenters. The highest BCUT2D eigenvalue weighted by molar-refractivity contribution is 7.98. The Morgan fingerprint density at radius 1 is 1.38 bits per heavy atom. The van der Waals surface area contributed by atoms with Crippen LogP contribution in [0.4, 0.5) is 5.69 Å². The summed E-state index contributed by atoms with van der Waals surface area (Å²) >= 11 is 1.64. The third kappa shape index (κ3) is 5.32. The van der Waals surface area contributed by atoms with Gasteiger partial charge in [-0.3, -0.25) is 14.9 Å². The summed E-state index contributed by atoms with van der Waals surface area (Å²) in [7, 11) is 0. The summed E-state index contributed by atoms with van der Waals surface area (Å²) in [6.07, 6.45) is 10.8. The molecule has 2 N–H and O–H groups in total. The number of rotatable bonds is 7. The van der Waals surface area contributed by atoms with E-state index >= 15 is 0 Å². The van der Waals surface area contributed by atoms with E-state index in [1.54, 1.807) is 37.3 Å². The highest BCUT2D eigenvalue weighted by atomic mass is 32.2. The van der Waals surface area contributed by atoms with Crippen LogP contribution >= 0.6 is 11.8 Å². The lowest BCUT2D eigenvalue weighted by Crippen LogP contribution is -2.12. The molecule has 0 aliphatic carbocycles. The Balaban J connectivity index is 2.25. The van der Waals surface area contributed by atoms with E-state index in [1.165, 1.54) is 0 Å². The van der Waals surface area contributed by atoms with Crippen LogP contribution in [0.1, 0.15) is 19.4 Å². The average molecular weight is 366 g/mol. The van der Waals surface area contributed by atoms with Gasteiger partial charge in [0.1, 0.15) is 0 Å². The van der Waals surface area contributed by atoms with Crippen molar-refractivity contribution in [2.45, 2.75) is 18.7 Å². The van der Waals surface area contributed by atoms with Gasteiger partial charge in [-0.25, -0.2) is 0 Å². The Bertz CT molecular complexity index is 864. The number of H-pyrrole nitrogens is 1. The van der Waals surface area contributed by atoms with Gasteiger partial charge in [0.25, 0.3) is 5.91 Å². The van der Waals surface area contributed by atoms with Gasteiger partial charge in [0.05, 0.1) is 6.20 Å². The molecular formula is C20H22N4OS. The van der Waals surface area contributed by atoms with Gasteiger partial charge >= 0.3 is 0 Å². The number of carbonyl (C=O) groups is 1. The van der Waals surface area contributed by atoms with Crippen molar-refractivity contribution in [1.82, 2.24) is 10.2 Å². The van der Waals surface area contributed by atoms with Gasteiger partial charge in [0.15, 0.2) is 0 Å². The molecule has 1 heterocycles. The summed E-state index contributed by atoms with van der Waals surface area (Å²) in [6, 6.07) is 7.76. The molecule has 0 saturated heterocycles. The number of nitrogens with one attached hydrogen (secondary N) is 2. The number of benzene rings is 1. The Kier molecular flexibility index (Phi) is 7.17. The summed E-state index contributed by atoms with van der Waals surface area (Å²) in [6.45, 7) is 7.20. The first-order valence-electron chi connectivity index (χ1n) is 8.01. The molecule has 1 aromatic heterocycles. The lowest BCUT2D eigenvalue weighted by molar-refractivity contribution is -0.112. The maximum atomic E-state index is 12.5. The minimum atomic E-state index is -0.139. The van der Waals surface area contributed by atoms with Crippen LogP contribution in [0.5, 0.6) is 0 Å². The second-order valence-corrected chi connectivity index (χ2v) is 6.48. The molecule has 0 radical (unpaired) electrons. The molecule has 26 heavy (non-hydrogen) atoms. The SMILES string of the molecule is C=N\C=C/C(=C(C)/C=C(/C)C(=O)Nc1cccc(SC)c1)c1cn[nH]c1. The summed E-state index contributed by atoms with van der Waals surface area (Å²) in [5.74, 6) is -0.139. The van der Waals surface area contributed by atoms with Crippen LogP contribution in [0.3, 0.4) is 0 Å². The highest BCUT2D eigenvalue weighted by Crippen LogP contribution is 2.22. The van der Waals surface area contributed by atoms with Gasteiger partial charge in [-0.05, 0) is 62.2 Å². The Labute approximate surface area is 158 Å². The van der Waals surface area contributed by atoms with Crippen molar-refractivity contribution in [2.24, 2.45) is 4.99 Å². The molecule has 2 aromatic rings. The monoisotopic (exact) mass is 366 g/mol. The van der Waals surface area contributed by atoms with Gasteiger partial charge in [-0.15, -0.1) is 11.8 Å². The first-order valence-corrected chi connectivity index (χ1v) is 9.23. The zero-order valence-electron chi connectivity index (χ0n) is 15.1. The molecule has 2 rings (SSSR count). The van der Waals surface area contributed by atoms with Crippen LogP contribution in [0.2, 0.25) is 0 Å². The van der Waals surface area contributed by atoms with Crippen molar-refractivity contribution in [2.75, 3.05) is 11.6 Å². The first-order chi connectivity index (χ1) is 12.5. The van der Waals surface area contributed by atoms with Crippen molar-refractivity contribution >= 4 is 35.6 Å². The number of hydrogen-bond donors (Lipinski definition) is 2. The molecule has 0 aliphatic heterocycles. The largest absolute Gasteiger partial charge is 0.322 e. The van der Waals surface area contributed by atoms with Gasteiger partial charge in [0, 0.05) is 34.1 Å². The van der Waals surface area contributed by atoms with Crippen molar-refractivity contribution < 1.29 is 4.79 Å². The first kappa shape index (κ1) is 19.5. The van der Waals surface area contributed by atoms with Crippen molar-refractivity contribution in [3.05, 3.63) is 71.7 Å². The van der Waals surface area contributed by atoms with E-state index < -0.39 is 0 Å². The van der Waals surface area contributed by atoms with Crippen LogP contribution in [-0.2, 0) is 4.79 Å². The lowest BCUT2D eigenvalue weighted by atomic mass is 10.0. The van der Waals surface area contributed by atoms with E-state index in [2.05, 4.69) is 27.2 Å². The normalized spacial score (nSPS) is 12.8. The van der Waals surface area contributed by atoms with Crippen LogP contribution < -0.4 is 5.32 Å². The fourth-order valence-electron chi connectivity index (χ4n) is 2.38. The number of aromatic nitrogens is 2. The fraction of sp³-hybridized carbons (Fsp3) is 0.150. The summed E-state index contributed by atoms with van der Waals surface area (Å²) in [5, 5.41) is 9.70. The zero-order valence-corrected chi connectivity index (χ0v) is 15.9. The molecule has 0 aliphatic rings. The predicted octanol–water partition coefficient (Wildman–Crippen LogP) is 4.70. The van der Waals surface area contributed by atoms with Gasteiger partial charge < -0.3 is 5.32 Å². The maximum absolute atomic E-state index is 12.5. The number of nitrogens with zero attached hydrogens (tertiary/aromatic N) is 2. The molecule has 0 bridgehead atoms. The molecule has 0 saturated carbocycles. The quantitative estimate of drug-likeness (QED) is 0.323. The summed E-state index contributed by atoms with van der Waals surface area (Å²) in [4.78, 5) is 17.4.